The molecular weight excluding hydrogens is 637 g/mol. The number of aromatic nitrogens is 1. The summed E-state index contributed by atoms with van der Waals surface area (Å²) >= 11 is 1.87. The van der Waals surface area contributed by atoms with Crippen molar-refractivity contribution >= 4 is 103 Å². The minimum Gasteiger partial charge on any atom is -0.309 e. The average Bonchev–Trinajstić information content (AvgIpc) is 3.75. The molecule has 0 bridgehead atoms. The number of fused-ring (bicyclic) bond motifs is 11. The number of para-hydroxylation sites is 2. The average molecular weight is 667 g/mol. The number of rotatable bonds is 4. The van der Waals surface area contributed by atoms with Crippen molar-refractivity contribution in [2.45, 2.75) is 0 Å². The van der Waals surface area contributed by atoms with Gasteiger partial charge in [-0.2, -0.15) is 0 Å². The molecule has 0 aliphatic heterocycles. The van der Waals surface area contributed by atoms with E-state index in [1.807, 2.05) is 11.3 Å². The van der Waals surface area contributed by atoms with E-state index < -0.39 is 0 Å². The molecule has 0 saturated carbocycles. The highest BCUT2D eigenvalue weighted by molar-refractivity contribution is 7.26. The van der Waals surface area contributed by atoms with Gasteiger partial charge in [0.1, 0.15) is 0 Å². The minimum absolute atomic E-state index is 1.15. The molecular formula is C48H30N2S. The Labute approximate surface area is 298 Å². The monoisotopic (exact) mass is 666 g/mol. The quantitative estimate of drug-likeness (QED) is 0.170. The molecule has 0 saturated heterocycles. The first-order valence-electron chi connectivity index (χ1n) is 17.4. The van der Waals surface area contributed by atoms with Gasteiger partial charge in [0.15, 0.2) is 0 Å². The Morgan fingerprint density at radius 2 is 0.961 bits per heavy atom. The normalized spacial score (nSPS) is 11.9. The third-order valence-corrected chi connectivity index (χ3v) is 11.7. The third-order valence-electron chi connectivity index (χ3n) is 10.5. The summed E-state index contributed by atoms with van der Waals surface area (Å²) in [5.41, 5.74) is 7.04. The number of benzene rings is 9. The fraction of sp³-hybridized carbons (Fsp3) is 0. The Balaban J connectivity index is 1.35. The lowest BCUT2D eigenvalue weighted by molar-refractivity contribution is 1.18. The molecule has 51 heavy (non-hydrogen) atoms. The van der Waals surface area contributed by atoms with E-state index in [-0.39, 0.29) is 0 Å². The van der Waals surface area contributed by atoms with Crippen LogP contribution in [-0.2, 0) is 0 Å². The second-order valence-electron chi connectivity index (χ2n) is 13.3. The maximum Gasteiger partial charge on any atom is 0.0562 e. The zero-order chi connectivity index (χ0) is 33.5. The molecule has 0 unspecified atom stereocenters. The maximum atomic E-state index is 2.56. The molecule has 11 rings (SSSR count). The van der Waals surface area contributed by atoms with Gasteiger partial charge in [0, 0.05) is 42.0 Å². The molecule has 0 N–H and O–H groups in total. The van der Waals surface area contributed by atoms with E-state index in [2.05, 4.69) is 191 Å². The van der Waals surface area contributed by atoms with Crippen LogP contribution in [0.4, 0.5) is 17.1 Å². The molecule has 2 nitrogen and oxygen atoms in total. The van der Waals surface area contributed by atoms with Crippen molar-refractivity contribution < 1.29 is 0 Å². The predicted molar refractivity (Wildman–Crippen MR) is 221 cm³/mol. The zero-order valence-electron chi connectivity index (χ0n) is 27.6. The van der Waals surface area contributed by atoms with E-state index in [0.29, 0.717) is 0 Å². The van der Waals surface area contributed by atoms with Gasteiger partial charge >= 0.3 is 0 Å². The van der Waals surface area contributed by atoms with E-state index in [1.54, 1.807) is 0 Å². The molecule has 0 aliphatic rings. The maximum absolute atomic E-state index is 2.56. The largest absolute Gasteiger partial charge is 0.309 e. The third kappa shape index (κ3) is 4.16. The lowest BCUT2D eigenvalue weighted by Crippen LogP contribution is -2.11. The lowest BCUT2D eigenvalue weighted by Gasteiger charge is -2.29. The van der Waals surface area contributed by atoms with Crippen molar-refractivity contribution in [3.05, 3.63) is 182 Å². The Kier molecular flexibility index (Phi) is 6.16. The van der Waals surface area contributed by atoms with Crippen molar-refractivity contribution in [3.63, 3.8) is 0 Å². The van der Waals surface area contributed by atoms with E-state index >= 15 is 0 Å². The molecule has 9 aromatic carbocycles. The van der Waals surface area contributed by atoms with Crippen LogP contribution >= 0.6 is 11.3 Å². The molecule has 238 valence electrons. The van der Waals surface area contributed by atoms with E-state index in [9.17, 15) is 0 Å². The van der Waals surface area contributed by atoms with Gasteiger partial charge in [0.25, 0.3) is 0 Å². The molecule has 0 radical (unpaired) electrons. The molecule has 0 atom stereocenters. The summed E-state index contributed by atoms with van der Waals surface area (Å²) in [4.78, 5) is 2.56. The highest BCUT2D eigenvalue weighted by Gasteiger charge is 2.25. The highest BCUT2D eigenvalue weighted by atomic mass is 32.1. The number of hydrogen-bond acceptors (Lipinski definition) is 2. The van der Waals surface area contributed by atoms with Crippen LogP contribution in [0.2, 0.25) is 0 Å². The first kappa shape index (κ1) is 28.4. The summed E-state index contributed by atoms with van der Waals surface area (Å²) in [6.45, 7) is 0. The smallest absolute Gasteiger partial charge is 0.0562 e. The SMILES string of the molecule is c1ccc(-n2c3ccccc3c3c(N(c4cc5c6ccccc6ccc5c5ccccc45)c4cccc5sc6ccccc6c45)cccc32)cc1. The predicted octanol–water partition coefficient (Wildman–Crippen LogP) is 14.1. The summed E-state index contributed by atoms with van der Waals surface area (Å²) in [5.74, 6) is 0. The molecule has 11 aromatic rings. The Hall–Kier alpha value is -6.42. The standard InChI is InChI=1S/C48H30N2S/c1-2-15-32(16-3-1)49-40-22-10-8-20-37(40)47-41(49)23-12-24-42(47)50(43-25-13-27-46-48(43)38-21-9-11-26-45(38)51-46)44-30-39-33-17-5-4-14-31(33)28-29-35(39)34-18-6-7-19-36(34)44/h1-30H. The number of nitrogens with zero attached hydrogens (tertiary/aromatic N) is 2. The second-order valence-corrected chi connectivity index (χ2v) is 14.4. The summed E-state index contributed by atoms with van der Waals surface area (Å²) < 4.78 is 5.00. The van der Waals surface area contributed by atoms with Gasteiger partial charge in [-0.05, 0) is 81.5 Å². The van der Waals surface area contributed by atoms with Crippen LogP contribution in [0.5, 0.6) is 0 Å². The fourth-order valence-corrected chi connectivity index (χ4v) is 9.53. The molecule has 0 aliphatic carbocycles. The molecule has 2 heterocycles. The summed E-state index contributed by atoms with van der Waals surface area (Å²) in [7, 11) is 0. The second kappa shape index (κ2) is 11.0. The highest BCUT2D eigenvalue weighted by Crippen LogP contribution is 2.51. The Morgan fingerprint density at radius 3 is 1.82 bits per heavy atom. The summed E-state index contributed by atoms with van der Waals surface area (Å²) in [5, 5.41) is 12.5. The van der Waals surface area contributed by atoms with Gasteiger partial charge in [-0.15, -0.1) is 11.3 Å². The summed E-state index contributed by atoms with van der Waals surface area (Å²) in [6.07, 6.45) is 0. The number of anilines is 3. The van der Waals surface area contributed by atoms with Crippen molar-refractivity contribution in [1.29, 1.82) is 0 Å². The van der Waals surface area contributed by atoms with Crippen LogP contribution in [0.15, 0.2) is 182 Å². The minimum atomic E-state index is 1.15. The van der Waals surface area contributed by atoms with Gasteiger partial charge in [-0.1, -0.05) is 127 Å². The lowest BCUT2D eigenvalue weighted by atomic mass is 9.94. The van der Waals surface area contributed by atoms with Crippen molar-refractivity contribution in [2.75, 3.05) is 4.90 Å². The van der Waals surface area contributed by atoms with Gasteiger partial charge < -0.3 is 9.47 Å². The Morgan fingerprint density at radius 1 is 0.353 bits per heavy atom. The van der Waals surface area contributed by atoms with Crippen LogP contribution in [0.1, 0.15) is 0 Å². The first-order chi connectivity index (χ1) is 25.3. The first-order valence-corrected chi connectivity index (χ1v) is 18.3. The van der Waals surface area contributed by atoms with Crippen LogP contribution in [0.3, 0.4) is 0 Å². The van der Waals surface area contributed by atoms with Crippen LogP contribution in [-0.4, -0.2) is 4.57 Å². The van der Waals surface area contributed by atoms with Crippen molar-refractivity contribution in [3.8, 4) is 5.69 Å². The zero-order valence-corrected chi connectivity index (χ0v) is 28.4. The van der Waals surface area contributed by atoms with Crippen molar-refractivity contribution in [2.24, 2.45) is 0 Å². The van der Waals surface area contributed by atoms with E-state index in [0.717, 1.165) is 11.4 Å². The van der Waals surface area contributed by atoms with E-state index in [4.69, 9.17) is 0 Å². The van der Waals surface area contributed by atoms with Crippen LogP contribution in [0, 0.1) is 0 Å². The van der Waals surface area contributed by atoms with Gasteiger partial charge in [0.05, 0.1) is 28.1 Å². The van der Waals surface area contributed by atoms with Crippen LogP contribution in [0.25, 0.3) is 80.0 Å². The molecule has 0 amide bonds. The number of hydrogen-bond donors (Lipinski definition) is 0. The summed E-state index contributed by atoms with van der Waals surface area (Å²) in [6, 6.07) is 66.8. The fourth-order valence-electron chi connectivity index (χ4n) is 8.40. The molecule has 2 aromatic heterocycles. The van der Waals surface area contributed by atoms with E-state index in [1.165, 1.54) is 85.7 Å². The number of thiophene rings is 1. The van der Waals surface area contributed by atoms with Gasteiger partial charge in [0.2, 0.25) is 0 Å². The van der Waals surface area contributed by atoms with Crippen LogP contribution < -0.4 is 4.90 Å². The molecule has 0 fully saturated rings. The van der Waals surface area contributed by atoms with Gasteiger partial charge in [-0.3, -0.25) is 0 Å². The molecule has 0 spiro atoms. The molecule has 3 heteroatoms. The Bertz CT molecular complexity index is 3150. The van der Waals surface area contributed by atoms with Crippen molar-refractivity contribution in [1.82, 2.24) is 4.57 Å². The topological polar surface area (TPSA) is 8.17 Å². The van der Waals surface area contributed by atoms with Gasteiger partial charge in [-0.25, -0.2) is 0 Å².